The van der Waals surface area contributed by atoms with E-state index in [1.54, 1.807) is 23.1 Å². The number of nitrogens with one attached hydrogen (secondary N) is 2. The van der Waals surface area contributed by atoms with Crippen molar-refractivity contribution in [2.24, 2.45) is 5.92 Å². The van der Waals surface area contributed by atoms with E-state index in [1.807, 2.05) is 25.1 Å². The second-order valence-corrected chi connectivity index (χ2v) is 12.5. The number of anilines is 1. The van der Waals surface area contributed by atoms with Crippen LogP contribution >= 0.6 is 0 Å². The van der Waals surface area contributed by atoms with Crippen molar-refractivity contribution in [3.8, 4) is 16.9 Å². The number of likely N-dealkylation sites (N-methyl/N-ethyl adjacent to an activating group) is 1. The largest absolute Gasteiger partial charge is 0.488 e. The van der Waals surface area contributed by atoms with Gasteiger partial charge in [0.15, 0.2) is 0 Å². The molecular formula is C36H46N4O4. The van der Waals surface area contributed by atoms with Crippen LogP contribution in [0.2, 0.25) is 0 Å². The van der Waals surface area contributed by atoms with Crippen molar-refractivity contribution >= 4 is 17.6 Å². The predicted octanol–water partition coefficient (Wildman–Crippen LogP) is 6.16. The van der Waals surface area contributed by atoms with Crippen LogP contribution in [0.5, 0.6) is 5.75 Å². The number of benzene rings is 3. The van der Waals surface area contributed by atoms with E-state index in [9.17, 15) is 14.7 Å². The van der Waals surface area contributed by atoms with Gasteiger partial charge in [-0.25, -0.2) is 4.79 Å². The van der Waals surface area contributed by atoms with Gasteiger partial charge in [0.05, 0.1) is 18.2 Å². The lowest BCUT2D eigenvalue weighted by Crippen LogP contribution is -2.49. The molecule has 3 aromatic rings. The smallest absolute Gasteiger partial charge is 0.319 e. The van der Waals surface area contributed by atoms with Gasteiger partial charge in [-0.15, -0.1) is 0 Å². The Bertz CT molecular complexity index is 1390. The molecule has 8 nitrogen and oxygen atoms in total. The summed E-state index contributed by atoms with van der Waals surface area (Å²) in [6, 6.07) is 23.8. The van der Waals surface area contributed by atoms with Crippen molar-refractivity contribution in [3.63, 3.8) is 0 Å². The summed E-state index contributed by atoms with van der Waals surface area (Å²) in [6.45, 7) is 5.66. The number of carbonyl (C=O) groups excluding carboxylic acids is 2. The minimum absolute atomic E-state index is 0.0167. The molecule has 0 saturated heterocycles. The number of urea groups is 1. The Morgan fingerprint density at radius 3 is 2.43 bits per heavy atom. The third-order valence-electron chi connectivity index (χ3n) is 8.87. The Kier molecular flexibility index (Phi) is 10.6. The van der Waals surface area contributed by atoms with Gasteiger partial charge in [0.25, 0.3) is 5.91 Å². The monoisotopic (exact) mass is 598 g/mol. The van der Waals surface area contributed by atoms with E-state index in [4.69, 9.17) is 4.74 Å². The molecule has 3 amide bonds. The maximum absolute atomic E-state index is 13.8. The molecule has 0 aromatic heterocycles. The molecule has 1 aliphatic heterocycles. The predicted molar refractivity (Wildman–Crippen MR) is 175 cm³/mol. The summed E-state index contributed by atoms with van der Waals surface area (Å²) in [6.07, 6.45) is 5.26. The maximum Gasteiger partial charge on any atom is 0.319 e. The zero-order valence-electron chi connectivity index (χ0n) is 26.2. The molecule has 1 fully saturated rings. The summed E-state index contributed by atoms with van der Waals surface area (Å²) in [5.74, 6) is 0.290. The number of aliphatic hydroxyl groups is 1. The first-order chi connectivity index (χ1) is 21.3. The number of fused-ring (bicyclic) bond motifs is 1. The van der Waals surface area contributed by atoms with Crippen LogP contribution in [0.25, 0.3) is 11.1 Å². The number of ether oxygens (including phenoxy) is 1. The number of aliphatic hydroxyl groups excluding tert-OH is 1. The molecule has 1 saturated carbocycles. The fourth-order valence-corrected chi connectivity index (χ4v) is 6.23. The van der Waals surface area contributed by atoms with Gasteiger partial charge < -0.3 is 25.4 Å². The highest BCUT2D eigenvalue weighted by atomic mass is 16.5. The van der Waals surface area contributed by atoms with Crippen LogP contribution in [0.3, 0.4) is 0 Å². The third kappa shape index (κ3) is 7.98. The highest BCUT2D eigenvalue weighted by molar-refractivity contribution is 5.99. The number of hydrogen-bond acceptors (Lipinski definition) is 5. The summed E-state index contributed by atoms with van der Waals surface area (Å²) in [5, 5.41) is 16.0. The van der Waals surface area contributed by atoms with Gasteiger partial charge in [-0.1, -0.05) is 80.8 Å². The summed E-state index contributed by atoms with van der Waals surface area (Å²) < 4.78 is 6.57. The molecule has 234 valence electrons. The maximum atomic E-state index is 13.8. The van der Waals surface area contributed by atoms with E-state index in [2.05, 4.69) is 65.9 Å². The lowest BCUT2D eigenvalue weighted by molar-refractivity contribution is 0.0341. The first-order valence-electron chi connectivity index (χ1n) is 15.9. The van der Waals surface area contributed by atoms with Gasteiger partial charge in [0.2, 0.25) is 0 Å². The zero-order chi connectivity index (χ0) is 31.1. The van der Waals surface area contributed by atoms with Crippen molar-refractivity contribution in [1.82, 2.24) is 15.1 Å². The highest BCUT2D eigenvalue weighted by Gasteiger charge is 2.33. The van der Waals surface area contributed by atoms with E-state index in [-0.39, 0.29) is 42.7 Å². The Hall–Kier alpha value is -3.88. The summed E-state index contributed by atoms with van der Waals surface area (Å²) in [5.41, 5.74) is 4.51. The van der Waals surface area contributed by atoms with Gasteiger partial charge in [-0.2, -0.15) is 0 Å². The van der Waals surface area contributed by atoms with Crippen molar-refractivity contribution in [2.45, 2.75) is 70.7 Å². The highest BCUT2D eigenvalue weighted by Crippen LogP contribution is 2.31. The van der Waals surface area contributed by atoms with E-state index < -0.39 is 0 Å². The molecule has 1 aliphatic carbocycles. The molecule has 3 atom stereocenters. The molecule has 2 aliphatic rings. The average molecular weight is 599 g/mol. The lowest BCUT2D eigenvalue weighted by Gasteiger charge is -2.38. The van der Waals surface area contributed by atoms with Crippen LogP contribution in [-0.2, 0) is 6.54 Å². The van der Waals surface area contributed by atoms with Gasteiger partial charge >= 0.3 is 6.03 Å². The summed E-state index contributed by atoms with van der Waals surface area (Å²) in [7, 11) is 2.08. The normalized spacial score (nSPS) is 19.8. The molecule has 0 unspecified atom stereocenters. The van der Waals surface area contributed by atoms with E-state index >= 15 is 0 Å². The van der Waals surface area contributed by atoms with Crippen LogP contribution in [0.4, 0.5) is 10.5 Å². The van der Waals surface area contributed by atoms with E-state index in [1.165, 1.54) is 23.1 Å². The Balaban J connectivity index is 1.30. The molecule has 1 heterocycles. The molecule has 3 N–H and O–H groups in total. The molecule has 0 bridgehead atoms. The summed E-state index contributed by atoms with van der Waals surface area (Å²) >= 11 is 0. The second-order valence-electron chi connectivity index (χ2n) is 12.5. The molecule has 0 spiro atoms. The van der Waals surface area contributed by atoms with Crippen LogP contribution in [0, 0.1) is 5.92 Å². The van der Waals surface area contributed by atoms with Gasteiger partial charge in [-0.05, 0) is 61.7 Å². The van der Waals surface area contributed by atoms with E-state index in [0.29, 0.717) is 30.1 Å². The first-order valence-corrected chi connectivity index (χ1v) is 15.9. The van der Waals surface area contributed by atoms with Crippen molar-refractivity contribution in [1.29, 1.82) is 0 Å². The van der Waals surface area contributed by atoms with Gasteiger partial charge in [0.1, 0.15) is 11.9 Å². The molecule has 44 heavy (non-hydrogen) atoms. The molecular weight excluding hydrogens is 552 g/mol. The van der Waals surface area contributed by atoms with Crippen molar-refractivity contribution in [2.75, 3.05) is 32.1 Å². The van der Waals surface area contributed by atoms with Crippen LogP contribution < -0.4 is 15.4 Å². The van der Waals surface area contributed by atoms with Crippen LogP contribution in [-0.4, -0.2) is 71.8 Å². The summed E-state index contributed by atoms with van der Waals surface area (Å²) in [4.78, 5) is 30.5. The Morgan fingerprint density at radius 1 is 1.02 bits per heavy atom. The SMILES string of the molecule is C[C@@H]1CN([C@@H](C)CO)C(=O)c2cc(NC(=O)NC3CCCCC3)ccc2O[C@H]1CN(C)Cc1ccc(-c2ccccc2)cc1. The number of nitrogens with zero attached hydrogens (tertiary/aromatic N) is 2. The molecule has 8 heteroatoms. The molecule has 3 aromatic carbocycles. The standard InChI is InChI=1S/C36H46N4O4/c1-25-21-40(26(2)24-41)35(42)32-20-31(38-36(43)37-30-12-8-5-9-13-30)18-19-33(32)44-34(25)23-39(3)22-27-14-16-29(17-15-27)28-10-6-4-7-11-28/h4,6-7,10-11,14-20,25-26,30,34,41H,5,8-9,12-13,21-24H2,1-3H3,(H2,37,38,43)/t25-,26+,34+/m1/s1. The zero-order valence-corrected chi connectivity index (χ0v) is 26.2. The Morgan fingerprint density at radius 2 is 1.73 bits per heavy atom. The lowest BCUT2D eigenvalue weighted by atomic mass is 9.96. The van der Waals surface area contributed by atoms with Crippen molar-refractivity contribution < 1.29 is 19.4 Å². The van der Waals surface area contributed by atoms with E-state index in [0.717, 1.165) is 32.2 Å². The van der Waals surface area contributed by atoms with Crippen LogP contribution in [0.15, 0.2) is 72.8 Å². The second kappa shape index (κ2) is 14.7. The Labute approximate surface area is 261 Å². The third-order valence-corrected chi connectivity index (χ3v) is 8.87. The van der Waals surface area contributed by atoms with Gasteiger partial charge in [0, 0.05) is 37.3 Å². The van der Waals surface area contributed by atoms with Crippen molar-refractivity contribution in [3.05, 3.63) is 83.9 Å². The average Bonchev–Trinajstić information content (AvgIpc) is 3.04. The fraction of sp³-hybridized carbons (Fsp3) is 0.444. The fourth-order valence-electron chi connectivity index (χ4n) is 6.23. The minimum atomic E-state index is -0.358. The minimum Gasteiger partial charge on any atom is -0.488 e. The van der Waals surface area contributed by atoms with Gasteiger partial charge in [-0.3, -0.25) is 9.69 Å². The number of rotatable bonds is 9. The van der Waals surface area contributed by atoms with Crippen LogP contribution in [0.1, 0.15) is 61.9 Å². The number of amides is 3. The molecule has 5 rings (SSSR count). The quantitative estimate of drug-likeness (QED) is 0.274. The number of carbonyl (C=O) groups is 2. The number of hydrogen-bond donors (Lipinski definition) is 3. The topological polar surface area (TPSA) is 94.1 Å². The first kappa shape index (κ1) is 31.5. The molecule has 0 radical (unpaired) electrons.